The van der Waals surface area contributed by atoms with E-state index in [9.17, 15) is 9.59 Å². The third-order valence-electron chi connectivity index (χ3n) is 2.14. The van der Waals surface area contributed by atoms with Crippen LogP contribution in [0.4, 0.5) is 0 Å². The fourth-order valence-corrected chi connectivity index (χ4v) is 1.21. The zero-order valence-corrected chi connectivity index (χ0v) is 10.2. The highest BCUT2D eigenvalue weighted by molar-refractivity contribution is 5.81. The van der Waals surface area contributed by atoms with Gasteiger partial charge in [-0.15, -0.1) is 0 Å². The minimum absolute atomic E-state index is 0.156. The monoisotopic (exact) mass is 250 g/mol. The Hall–Kier alpha value is -2.30. The van der Waals surface area contributed by atoms with Crippen LogP contribution in [0.1, 0.15) is 10.4 Å². The molecular weight excluding hydrogens is 236 g/mol. The Kier molecular flexibility index (Phi) is 5.44. The molecule has 1 rings (SSSR count). The van der Waals surface area contributed by atoms with Gasteiger partial charge in [0.25, 0.3) is 0 Å². The van der Waals surface area contributed by atoms with Crippen molar-refractivity contribution in [1.29, 1.82) is 0 Å². The molecule has 0 aliphatic carbocycles. The van der Waals surface area contributed by atoms with Crippen LogP contribution < -0.4 is 9.47 Å². The van der Waals surface area contributed by atoms with Crippen molar-refractivity contribution in [3.8, 4) is 11.5 Å². The van der Waals surface area contributed by atoms with Crippen LogP contribution in [-0.2, 0) is 9.53 Å². The average molecular weight is 250 g/mol. The first kappa shape index (κ1) is 13.8. The lowest BCUT2D eigenvalue weighted by Crippen LogP contribution is -2.00. The van der Waals surface area contributed by atoms with Gasteiger partial charge in [0, 0.05) is 12.1 Å². The van der Waals surface area contributed by atoms with E-state index < -0.39 is 5.97 Å². The molecule has 0 unspecified atom stereocenters. The van der Waals surface area contributed by atoms with Gasteiger partial charge in [0.05, 0.1) is 19.8 Å². The Balaban J connectivity index is 2.68. The van der Waals surface area contributed by atoms with E-state index in [1.807, 2.05) is 0 Å². The highest BCUT2D eigenvalue weighted by Crippen LogP contribution is 2.23. The molecule has 0 fully saturated rings. The molecule has 0 radical (unpaired) electrons. The van der Waals surface area contributed by atoms with Gasteiger partial charge in [0.2, 0.25) is 0 Å². The molecule has 0 atom stereocenters. The van der Waals surface area contributed by atoms with Crippen molar-refractivity contribution in [2.75, 3.05) is 20.8 Å². The zero-order chi connectivity index (χ0) is 13.4. The van der Waals surface area contributed by atoms with Crippen molar-refractivity contribution < 1.29 is 23.8 Å². The second kappa shape index (κ2) is 7.11. The second-order valence-corrected chi connectivity index (χ2v) is 3.26. The van der Waals surface area contributed by atoms with E-state index >= 15 is 0 Å². The molecule has 5 heteroatoms. The van der Waals surface area contributed by atoms with Gasteiger partial charge in [-0.2, -0.15) is 0 Å². The number of carbonyl (C=O) groups excluding carboxylic acids is 2. The molecule has 0 spiro atoms. The van der Waals surface area contributed by atoms with Crippen LogP contribution in [0.3, 0.4) is 0 Å². The molecule has 0 saturated heterocycles. The highest BCUT2D eigenvalue weighted by Gasteiger charge is 2.04. The number of hydrogen-bond donors (Lipinski definition) is 0. The summed E-state index contributed by atoms with van der Waals surface area (Å²) in [6.07, 6.45) is 3.44. The van der Waals surface area contributed by atoms with Crippen molar-refractivity contribution in [1.82, 2.24) is 0 Å². The summed E-state index contributed by atoms with van der Waals surface area (Å²) >= 11 is 0. The van der Waals surface area contributed by atoms with E-state index in [2.05, 4.69) is 4.74 Å². The Morgan fingerprint density at radius 1 is 1.33 bits per heavy atom. The van der Waals surface area contributed by atoms with Gasteiger partial charge in [0.15, 0.2) is 6.29 Å². The minimum Gasteiger partial charge on any atom is -0.497 e. The number of aldehydes is 1. The lowest BCUT2D eigenvalue weighted by atomic mass is 10.2. The first-order valence-corrected chi connectivity index (χ1v) is 5.21. The van der Waals surface area contributed by atoms with Crippen molar-refractivity contribution in [3.05, 3.63) is 35.9 Å². The van der Waals surface area contributed by atoms with E-state index in [1.54, 1.807) is 18.2 Å². The van der Waals surface area contributed by atoms with E-state index in [4.69, 9.17) is 9.47 Å². The summed E-state index contributed by atoms with van der Waals surface area (Å²) in [5, 5.41) is 0. The number of benzene rings is 1. The molecule has 0 saturated carbocycles. The zero-order valence-electron chi connectivity index (χ0n) is 10.2. The molecule has 0 bridgehead atoms. The van der Waals surface area contributed by atoms with E-state index in [1.165, 1.54) is 26.4 Å². The first-order chi connectivity index (χ1) is 8.71. The van der Waals surface area contributed by atoms with Crippen molar-refractivity contribution in [2.24, 2.45) is 0 Å². The fourth-order valence-electron chi connectivity index (χ4n) is 1.21. The maximum Gasteiger partial charge on any atom is 0.330 e. The standard InChI is InChI=1S/C13H14O5/c1-16-11-6-5-10(9-14)12(8-11)18-7-3-4-13(15)17-2/h3-6,8-9H,7H2,1-2H3/b4-3+. The molecule has 0 heterocycles. The smallest absolute Gasteiger partial charge is 0.330 e. The summed E-state index contributed by atoms with van der Waals surface area (Å²) in [6, 6.07) is 4.88. The lowest BCUT2D eigenvalue weighted by Gasteiger charge is -2.08. The minimum atomic E-state index is -0.458. The predicted octanol–water partition coefficient (Wildman–Crippen LogP) is 1.62. The first-order valence-electron chi connectivity index (χ1n) is 5.21. The Morgan fingerprint density at radius 3 is 2.72 bits per heavy atom. The number of ether oxygens (including phenoxy) is 3. The second-order valence-electron chi connectivity index (χ2n) is 3.26. The Labute approximate surface area is 105 Å². The number of hydrogen-bond acceptors (Lipinski definition) is 5. The fraction of sp³-hybridized carbons (Fsp3) is 0.231. The number of esters is 1. The van der Waals surface area contributed by atoms with Crippen molar-refractivity contribution >= 4 is 12.3 Å². The molecule has 1 aromatic rings. The van der Waals surface area contributed by atoms with Crippen molar-refractivity contribution in [3.63, 3.8) is 0 Å². The van der Waals surface area contributed by atoms with E-state index in [0.29, 0.717) is 23.3 Å². The third-order valence-corrected chi connectivity index (χ3v) is 2.14. The normalized spacial score (nSPS) is 10.1. The van der Waals surface area contributed by atoms with Gasteiger partial charge < -0.3 is 14.2 Å². The number of carbonyl (C=O) groups is 2. The highest BCUT2D eigenvalue weighted by atomic mass is 16.5. The molecule has 18 heavy (non-hydrogen) atoms. The van der Waals surface area contributed by atoms with Crippen LogP contribution in [0.25, 0.3) is 0 Å². The summed E-state index contributed by atoms with van der Waals surface area (Å²) in [4.78, 5) is 21.6. The van der Waals surface area contributed by atoms with Crippen LogP contribution in [0.2, 0.25) is 0 Å². The number of methoxy groups -OCH3 is 2. The SMILES string of the molecule is COC(=O)/C=C/COc1cc(OC)ccc1C=O. The molecule has 5 nitrogen and oxygen atoms in total. The maximum absolute atomic E-state index is 10.8. The van der Waals surface area contributed by atoms with E-state index in [0.717, 1.165) is 0 Å². The largest absolute Gasteiger partial charge is 0.497 e. The molecule has 0 amide bonds. The Morgan fingerprint density at radius 2 is 2.11 bits per heavy atom. The van der Waals surface area contributed by atoms with Crippen LogP contribution in [0.5, 0.6) is 11.5 Å². The van der Waals surface area contributed by atoms with Crippen LogP contribution >= 0.6 is 0 Å². The van der Waals surface area contributed by atoms with E-state index in [-0.39, 0.29) is 6.61 Å². The van der Waals surface area contributed by atoms with Crippen molar-refractivity contribution in [2.45, 2.75) is 0 Å². The summed E-state index contributed by atoms with van der Waals surface area (Å²) in [5.74, 6) is 0.534. The molecule has 0 aliphatic rings. The van der Waals surface area contributed by atoms with Gasteiger partial charge >= 0.3 is 5.97 Å². The maximum atomic E-state index is 10.8. The molecule has 0 N–H and O–H groups in total. The quantitative estimate of drug-likeness (QED) is 0.436. The number of rotatable bonds is 6. The molecule has 1 aromatic carbocycles. The van der Waals surface area contributed by atoms with Gasteiger partial charge in [0.1, 0.15) is 18.1 Å². The summed E-state index contributed by atoms with van der Waals surface area (Å²) < 4.78 is 14.8. The lowest BCUT2D eigenvalue weighted by molar-refractivity contribution is -0.134. The average Bonchev–Trinajstić information content (AvgIpc) is 2.42. The molecule has 0 aromatic heterocycles. The molecule has 0 aliphatic heterocycles. The molecular formula is C13H14O5. The topological polar surface area (TPSA) is 61.8 Å². The Bertz CT molecular complexity index is 451. The van der Waals surface area contributed by atoms with Crippen LogP contribution in [0.15, 0.2) is 30.4 Å². The van der Waals surface area contributed by atoms with Gasteiger partial charge in [-0.05, 0) is 18.2 Å². The van der Waals surface area contributed by atoms with Gasteiger partial charge in [-0.1, -0.05) is 0 Å². The summed E-state index contributed by atoms with van der Waals surface area (Å²) in [5.41, 5.74) is 0.419. The van der Waals surface area contributed by atoms with Gasteiger partial charge in [-0.3, -0.25) is 4.79 Å². The van der Waals surface area contributed by atoms with Gasteiger partial charge in [-0.25, -0.2) is 4.79 Å². The summed E-state index contributed by atoms with van der Waals surface area (Å²) in [6.45, 7) is 0.156. The molecule has 96 valence electrons. The van der Waals surface area contributed by atoms with Crippen LogP contribution in [0, 0.1) is 0 Å². The third kappa shape index (κ3) is 3.93. The van der Waals surface area contributed by atoms with Crippen LogP contribution in [-0.4, -0.2) is 33.1 Å². The summed E-state index contributed by atoms with van der Waals surface area (Å²) in [7, 11) is 2.82. The predicted molar refractivity (Wildman–Crippen MR) is 65.0 cm³/mol.